The van der Waals surface area contributed by atoms with Crippen molar-refractivity contribution in [3.63, 3.8) is 0 Å². The lowest BCUT2D eigenvalue weighted by atomic mass is 10.0. The summed E-state index contributed by atoms with van der Waals surface area (Å²) in [6, 6.07) is 13.8. The number of carbonyl (C=O) groups is 1. The molecule has 0 saturated heterocycles. The van der Waals surface area contributed by atoms with Crippen LogP contribution in [-0.2, 0) is 4.79 Å². The van der Waals surface area contributed by atoms with Crippen LogP contribution in [0.3, 0.4) is 0 Å². The lowest BCUT2D eigenvalue weighted by Gasteiger charge is -2.15. The van der Waals surface area contributed by atoms with Crippen LogP contribution in [0.1, 0.15) is 29.7 Å². The molecule has 0 spiro atoms. The third-order valence-electron chi connectivity index (χ3n) is 4.01. The van der Waals surface area contributed by atoms with Crippen molar-refractivity contribution in [2.75, 3.05) is 5.75 Å². The predicted molar refractivity (Wildman–Crippen MR) is 97.2 cm³/mol. The fourth-order valence-corrected chi connectivity index (χ4v) is 3.09. The maximum Gasteiger partial charge on any atom is 0.257 e. The van der Waals surface area contributed by atoms with Gasteiger partial charge in [-0.3, -0.25) is 4.79 Å². The van der Waals surface area contributed by atoms with Crippen molar-refractivity contribution in [2.24, 2.45) is 0 Å². The molecule has 0 saturated carbocycles. The van der Waals surface area contributed by atoms with Crippen molar-refractivity contribution in [3.05, 3.63) is 59.2 Å². The molecular formula is C19H20N2O2S. The second-order valence-corrected chi connectivity index (χ2v) is 6.80. The van der Waals surface area contributed by atoms with E-state index in [0.29, 0.717) is 5.22 Å². The Morgan fingerprint density at radius 1 is 1.21 bits per heavy atom. The molecule has 0 fully saturated rings. The van der Waals surface area contributed by atoms with Crippen LogP contribution in [0, 0.1) is 13.8 Å². The summed E-state index contributed by atoms with van der Waals surface area (Å²) in [4.78, 5) is 16.5. The van der Waals surface area contributed by atoms with Gasteiger partial charge in [0.05, 0.1) is 11.8 Å². The summed E-state index contributed by atoms with van der Waals surface area (Å²) in [6.45, 7) is 6.15. The van der Waals surface area contributed by atoms with E-state index in [1.807, 2.05) is 31.2 Å². The number of thioether (sulfide) groups is 1. The highest BCUT2D eigenvalue weighted by atomic mass is 32.2. The van der Waals surface area contributed by atoms with Gasteiger partial charge in [0.1, 0.15) is 5.52 Å². The number of aryl methyl sites for hydroxylation is 2. The molecule has 2 aromatic carbocycles. The Labute approximate surface area is 145 Å². The zero-order valence-electron chi connectivity index (χ0n) is 14.0. The number of fused-ring (bicyclic) bond motifs is 1. The Morgan fingerprint density at radius 3 is 2.75 bits per heavy atom. The third-order valence-corrected chi connectivity index (χ3v) is 4.84. The molecule has 1 atom stereocenters. The lowest BCUT2D eigenvalue weighted by molar-refractivity contribution is -0.119. The van der Waals surface area contributed by atoms with Gasteiger partial charge in [-0.1, -0.05) is 42.1 Å². The van der Waals surface area contributed by atoms with Gasteiger partial charge in [0.25, 0.3) is 5.22 Å². The molecule has 0 aliphatic heterocycles. The zero-order valence-corrected chi connectivity index (χ0v) is 14.8. The molecular weight excluding hydrogens is 320 g/mol. The second-order valence-electron chi connectivity index (χ2n) is 5.87. The van der Waals surface area contributed by atoms with E-state index < -0.39 is 0 Å². The highest BCUT2D eigenvalue weighted by Crippen LogP contribution is 2.23. The number of amides is 1. The van der Waals surface area contributed by atoms with Gasteiger partial charge in [-0.15, -0.1) is 0 Å². The topological polar surface area (TPSA) is 55.1 Å². The number of carbonyl (C=O) groups excluding carboxylic acids is 1. The number of para-hydroxylation sites is 2. The Morgan fingerprint density at radius 2 is 2.00 bits per heavy atom. The number of hydrogen-bond donors (Lipinski definition) is 1. The molecule has 0 aliphatic carbocycles. The highest BCUT2D eigenvalue weighted by Gasteiger charge is 2.13. The van der Waals surface area contributed by atoms with Gasteiger partial charge in [0.2, 0.25) is 5.91 Å². The first kappa shape index (κ1) is 16.6. The molecule has 4 nitrogen and oxygen atoms in total. The van der Waals surface area contributed by atoms with Gasteiger partial charge >= 0.3 is 0 Å². The van der Waals surface area contributed by atoms with Crippen LogP contribution in [0.2, 0.25) is 0 Å². The van der Waals surface area contributed by atoms with Gasteiger partial charge < -0.3 is 9.73 Å². The number of nitrogens with zero attached hydrogens (tertiary/aromatic N) is 1. The maximum atomic E-state index is 12.2. The number of aromatic nitrogens is 1. The highest BCUT2D eigenvalue weighted by molar-refractivity contribution is 7.99. The van der Waals surface area contributed by atoms with Gasteiger partial charge in [0, 0.05) is 0 Å². The molecule has 5 heteroatoms. The van der Waals surface area contributed by atoms with Crippen LogP contribution in [0.4, 0.5) is 0 Å². The molecule has 124 valence electrons. The average Bonchev–Trinajstić information content (AvgIpc) is 2.98. The molecule has 0 bridgehead atoms. The fraction of sp³-hybridized carbons (Fsp3) is 0.263. The molecule has 1 heterocycles. The summed E-state index contributed by atoms with van der Waals surface area (Å²) in [5, 5.41) is 3.54. The Bertz CT molecular complexity index is 840. The summed E-state index contributed by atoms with van der Waals surface area (Å²) in [6.07, 6.45) is 0. The van der Waals surface area contributed by atoms with E-state index in [1.165, 1.54) is 22.9 Å². The van der Waals surface area contributed by atoms with Gasteiger partial charge in [0.15, 0.2) is 5.58 Å². The maximum absolute atomic E-state index is 12.2. The summed E-state index contributed by atoms with van der Waals surface area (Å²) < 4.78 is 5.61. The zero-order chi connectivity index (χ0) is 17.1. The van der Waals surface area contributed by atoms with E-state index in [2.05, 4.69) is 42.3 Å². The summed E-state index contributed by atoms with van der Waals surface area (Å²) in [5.74, 6) is 0.245. The van der Waals surface area contributed by atoms with E-state index in [0.717, 1.165) is 16.7 Å². The number of hydrogen-bond acceptors (Lipinski definition) is 4. The van der Waals surface area contributed by atoms with Gasteiger partial charge in [-0.25, -0.2) is 4.98 Å². The quantitative estimate of drug-likeness (QED) is 0.699. The van der Waals surface area contributed by atoms with Gasteiger partial charge in [-0.2, -0.15) is 0 Å². The molecule has 1 amide bonds. The van der Waals surface area contributed by atoms with Gasteiger partial charge in [-0.05, 0) is 49.6 Å². The standard InChI is InChI=1S/C19H20N2O2S/c1-12-8-9-15(10-13(12)2)14(3)20-18(22)11-24-19-21-16-6-4-5-7-17(16)23-19/h4-10,14H,11H2,1-3H3,(H,20,22)/t14-/m0/s1. The van der Waals surface area contributed by atoms with E-state index in [-0.39, 0.29) is 17.7 Å². The molecule has 24 heavy (non-hydrogen) atoms. The van der Waals surface area contributed by atoms with Crippen LogP contribution in [0.25, 0.3) is 11.1 Å². The van der Waals surface area contributed by atoms with Crippen molar-refractivity contribution in [1.29, 1.82) is 0 Å². The summed E-state index contributed by atoms with van der Waals surface area (Å²) >= 11 is 1.31. The molecule has 1 N–H and O–H groups in total. The molecule has 3 rings (SSSR count). The van der Waals surface area contributed by atoms with Crippen LogP contribution in [0.5, 0.6) is 0 Å². The minimum atomic E-state index is -0.0343. The summed E-state index contributed by atoms with van der Waals surface area (Å²) in [7, 11) is 0. The first-order chi connectivity index (χ1) is 11.5. The van der Waals surface area contributed by atoms with Crippen LogP contribution < -0.4 is 5.32 Å². The van der Waals surface area contributed by atoms with Crippen molar-refractivity contribution in [3.8, 4) is 0 Å². The number of rotatable bonds is 5. The molecule has 3 aromatic rings. The van der Waals surface area contributed by atoms with E-state index in [9.17, 15) is 4.79 Å². The Hall–Kier alpha value is -2.27. The number of benzene rings is 2. The van der Waals surface area contributed by atoms with Crippen LogP contribution >= 0.6 is 11.8 Å². The molecule has 0 radical (unpaired) electrons. The third kappa shape index (κ3) is 3.79. The van der Waals surface area contributed by atoms with Crippen molar-refractivity contribution >= 4 is 28.8 Å². The largest absolute Gasteiger partial charge is 0.431 e. The van der Waals surface area contributed by atoms with Crippen molar-refractivity contribution in [1.82, 2.24) is 10.3 Å². The van der Waals surface area contributed by atoms with Crippen LogP contribution in [0.15, 0.2) is 52.1 Å². The van der Waals surface area contributed by atoms with Crippen molar-refractivity contribution < 1.29 is 9.21 Å². The number of nitrogens with one attached hydrogen (secondary N) is 1. The van der Waals surface area contributed by atoms with E-state index in [4.69, 9.17) is 4.42 Å². The van der Waals surface area contributed by atoms with E-state index in [1.54, 1.807) is 0 Å². The normalized spacial score (nSPS) is 12.3. The molecule has 0 aliphatic rings. The average molecular weight is 340 g/mol. The Balaban J connectivity index is 1.57. The first-order valence-corrected chi connectivity index (χ1v) is 8.86. The minimum absolute atomic E-state index is 0.0268. The smallest absolute Gasteiger partial charge is 0.257 e. The van der Waals surface area contributed by atoms with E-state index >= 15 is 0 Å². The molecule has 0 unspecified atom stereocenters. The SMILES string of the molecule is Cc1ccc([C@H](C)NC(=O)CSc2nc3ccccc3o2)cc1C. The predicted octanol–water partition coefficient (Wildman–Crippen LogP) is 4.41. The fourth-order valence-electron chi connectivity index (χ4n) is 2.44. The van der Waals surface area contributed by atoms with Crippen LogP contribution in [-0.4, -0.2) is 16.6 Å². The number of oxazole rings is 1. The lowest BCUT2D eigenvalue weighted by Crippen LogP contribution is -2.28. The van der Waals surface area contributed by atoms with Crippen molar-refractivity contribution in [2.45, 2.75) is 32.0 Å². The minimum Gasteiger partial charge on any atom is -0.431 e. The molecule has 1 aromatic heterocycles. The monoisotopic (exact) mass is 340 g/mol. The second kappa shape index (κ2) is 7.09. The first-order valence-electron chi connectivity index (χ1n) is 7.88. The Kier molecular flexibility index (Phi) is 4.90. The summed E-state index contributed by atoms with van der Waals surface area (Å²) in [5.41, 5.74) is 5.14.